The van der Waals surface area contributed by atoms with E-state index in [4.69, 9.17) is 5.73 Å². The van der Waals surface area contributed by atoms with Crippen molar-refractivity contribution in [2.45, 2.75) is 20.4 Å². The summed E-state index contributed by atoms with van der Waals surface area (Å²) in [7, 11) is 0. The fourth-order valence-corrected chi connectivity index (χ4v) is 2.89. The van der Waals surface area contributed by atoms with Crippen molar-refractivity contribution < 1.29 is 4.79 Å². The third-order valence-corrected chi connectivity index (χ3v) is 4.25. The van der Waals surface area contributed by atoms with Crippen LogP contribution in [-0.4, -0.2) is 12.5 Å². The number of hydrogen-bond acceptors (Lipinski definition) is 3. The maximum Gasteiger partial charge on any atom is 0.251 e. The summed E-state index contributed by atoms with van der Waals surface area (Å²) < 4.78 is 0. The van der Waals surface area contributed by atoms with Crippen LogP contribution in [0.2, 0.25) is 0 Å². The summed E-state index contributed by atoms with van der Waals surface area (Å²) in [6.07, 6.45) is 0. The van der Waals surface area contributed by atoms with Crippen LogP contribution in [0.15, 0.2) is 30.3 Å². The van der Waals surface area contributed by atoms with Crippen LogP contribution in [0.4, 0.5) is 0 Å². The van der Waals surface area contributed by atoms with Gasteiger partial charge in [0.25, 0.3) is 5.91 Å². The van der Waals surface area contributed by atoms with Gasteiger partial charge in [0.15, 0.2) is 0 Å². The van der Waals surface area contributed by atoms with Crippen LogP contribution < -0.4 is 11.1 Å². The summed E-state index contributed by atoms with van der Waals surface area (Å²) in [6.45, 7) is 5.03. The van der Waals surface area contributed by atoms with Gasteiger partial charge in [-0.25, -0.2) is 0 Å². The lowest BCUT2D eigenvalue weighted by molar-refractivity contribution is 0.0951. The van der Waals surface area contributed by atoms with Gasteiger partial charge in [-0.05, 0) is 43.7 Å². The average Bonchev–Trinajstić information content (AvgIpc) is 2.81. The molecule has 1 heterocycles. The SMILES string of the molecule is Cc1cc(CNC(=O)c2cccc(C#CCN)c2)sc1C. The maximum atomic E-state index is 12.2. The molecule has 0 aliphatic heterocycles. The number of thiophene rings is 1. The van der Waals surface area contributed by atoms with Gasteiger partial charge >= 0.3 is 0 Å². The minimum absolute atomic E-state index is 0.0879. The molecule has 0 aliphatic carbocycles. The van der Waals surface area contributed by atoms with Gasteiger partial charge in [0.05, 0.1) is 13.1 Å². The number of hydrogen-bond donors (Lipinski definition) is 2. The summed E-state index contributed by atoms with van der Waals surface area (Å²) in [6, 6.07) is 9.38. The van der Waals surface area contributed by atoms with Crippen molar-refractivity contribution in [2.75, 3.05) is 6.54 Å². The van der Waals surface area contributed by atoms with Gasteiger partial charge in [-0.3, -0.25) is 4.79 Å². The lowest BCUT2D eigenvalue weighted by Crippen LogP contribution is -2.22. The van der Waals surface area contributed by atoms with Gasteiger partial charge in [-0.15, -0.1) is 11.3 Å². The number of carbonyl (C=O) groups is 1. The fraction of sp³-hybridized carbons (Fsp3) is 0.235. The second-order valence-corrected chi connectivity index (χ2v) is 6.06. The maximum absolute atomic E-state index is 12.2. The molecule has 0 unspecified atom stereocenters. The molecule has 108 valence electrons. The molecular formula is C17H18N2OS. The summed E-state index contributed by atoms with van der Waals surface area (Å²) in [5.74, 6) is 5.63. The molecule has 0 atom stereocenters. The first-order valence-corrected chi connectivity index (χ1v) is 7.55. The predicted molar refractivity (Wildman–Crippen MR) is 87.3 cm³/mol. The van der Waals surface area contributed by atoms with E-state index in [1.54, 1.807) is 23.5 Å². The first-order valence-electron chi connectivity index (χ1n) is 6.73. The summed E-state index contributed by atoms with van der Waals surface area (Å²) >= 11 is 1.71. The molecule has 0 spiro atoms. The molecular weight excluding hydrogens is 280 g/mol. The first-order chi connectivity index (χ1) is 10.1. The third kappa shape index (κ3) is 4.19. The molecule has 0 saturated heterocycles. The summed E-state index contributed by atoms with van der Waals surface area (Å²) in [5, 5.41) is 2.94. The fourth-order valence-electron chi connectivity index (χ4n) is 1.90. The zero-order chi connectivity index (χ0) is 15.2. The van der Waals surface area contributed by atoms with Gasteiger partial charge in [-0.1, -0.05) is 17.9 Å². The molecule has 0 aliphatic rings. The van der Waals surface area contributed by atoms with E-state index in [1.165, 1.54) is 10.4 Å². The molecule has 0 radical (unpaired) electrons. The van der Waals surface area contributed by atoms with Crippen molar-refractivity contribution >= 4 is 17.2 Å². The van der Waals surface area contributed by atoms with Crippen LogP contribution in [0.3, 0.4) is 0 Å². The highest BCUT2D eigenvalue weighted by Crippen LogP contribution is 2.20. The molecule has 3 nitrogen and oxygen atoms in total. The van der Waals surface area contributed by atoms with Gasteiger partial charge in [0, 0.05) is 20.9 Å². The molecule has 0 fully saturated rings. The largest absolute Gasteiger partial charge is 0.347 e. The molecule has 3 N–H and O–H groups in total. The molecule has 0 bridgehead atoms. The van der Waals surface area contributed by atoms with E-state index in [9.17, 15) is 4.79 Å². The van der Waals surface area contributed by atoms with Crippen molar-refractivity contribution in [3.8, 4) is 11.8 Å². The Labute approximate surface area is 129 Å². The Bertz CT molecular complexity index is 688. The summed E-state index contributed by atoms with van der Waals surface area (Å²) in [4.78, 5) is 14.6. The third-order valence-electron chi connectivity index (χ3n) is 3.10. The van der Waals surface area contributed by atoms with Gasteiger partial charge in [0.2, 0.25) is 0 Å². The van der Waals surface area contributed by atoms with Gasteiger partial charge in [-0.2, -0.15) is 0 Å². The Balaban J connectivity index is 2.03. The van der Waals surface area contributed by atoms with Crippen LogP contribution in [0.25, 0.3) is 0 Å². The van der Waals surface area contributed by atoms with Crippen LogP contribution in [-0.2, 0) is 6.54 Å². The normalized spacial score (nSPS) is 9.86. The molecule has 1 amide bonds. The van der Waals surface area contributed by atoms with Crippen molar-refractivity contribution in [1.29, 1.82) is 0 Å². The number of aryl methyl sites for hydroxylation is 2. The molecule has 1 aromatic carbocycles. The Morgan fingerprint density at radius 3 is 2.81 bits per heavy atom. The van der Waals surface area contributed by atoms with Crippen LogP contribution in [0.1, 0.15) is 31.2 Å². The van der Waals surface area contributed by atoms with E-state index in [1.807, 2.05) is 12.1 Å². The van der Waals surface area contributed by atoms with E-state index in [-0.39, 0.29) is 5.91 Å². The Kier molecular flexibility index (Phi) is 5.15. The Morgan fingerprint density at radius 2 is 2.14 bits per heavy atom. The minimum atomic E-state index is -0.0879. The lowest BCUT2D eigenvalue weighted by Gasteiger charge is -2.04. The van der Waals surface area contributed by atoms with Crippen LogP contribution >= 0.6 is 11.3 Å². The predicted octanol–water partition coefficient (Wildman–Crippen LogP) is 2.61. The van der Waals surface area contributed by atoms with Crippen molar-refractivity contribution in [1.82, 2.24) is 5.32 Å². The monoisotopic (exact) mass is 298 g/mol. The first kappa shape index (κ1) is 15.3. The number of nitrogens with one attached hydrogen (secondary N) is 1. The van der Waals surface area contributed by atoms with E-state index >= 15 is 0 Å². The van der Waals surface area contributed by atoms with Crippen molar-refractivity contribution in [3.63, 3.8) is 0 Å². The summed E-state index contributed by atoms with van der Waals surface area (Å²) in [5.41, 5.74) is 8.03. The topological polar surface area (TPSA) is 55.1 Å². The zero-order valence-electron chi connectivity index (χ0n) is 12.2. The highest BCUT2D eigenvalue weighted by molar-refractivity contribution is 7.12. The van der Waals surface area contributed by atoms with Crippen molar-refractivity contribution in [3.05, 3.63) is 56.8 Å². The second-order valence-electron chi connectivity index (χ2n) is 4.72. The van der Waals surface area contributed by atoms with Crippen LogP contribution in [0, 0.1) is 25.7 Å². The lowest BCUT2D eigenvalue weighted by atomic mass is 10.1. The average molecular weight is 298 g/mol. The molecule has 1 aromatic heterocycles. The van der Waals surface area contributed by atoms with Crippen LogP contribution in [0.5, 0.6) is 0 Å². The quantitative estimate of drug-likeness (QED) is 0.856. The van der Waals surface area contributed by atoms with E-state index in [0.717, 1.165) is 10.4 Å². The van der Waals surface area contributed by atoms with Gasteiger partial charge in [0.1, 0.15) is 0 Å². The molecule has 21 heavy (non-hydrogen) atoms. The highest BCUT2D eigenvalue weighted by Gasteiger charge is 2.07. The van der Waals surface area contributed by atoms with E-state index in [0.29, 0.717) is 18.7 Å². The van der Waals surface area contributed by atoms with E-state index in [2.05, 4.69) is 37.1 Å². The second kappa shape index (κ2) is 7.07. The molecule has 4 heteroatoms. The number of amides is 1. The number of rotatable bonds is 3. The highest BCUT2D eigenvalue weighted by atomic mass is 32.1. The number of carbonyl (C=O) groups excluding carboxylic acids is 1. The molecule has 2 aromatic rings. The molecule has 0 saturated carbocycles. The minimum Gasteiger partial charge on any atom is -0.347 e. The number of nitrogens with two attached hydrogens (primary N) is 1. The smallest absolute Gasteiger partial charge is 0.251 e. The molecule has 2 rings (SSSR count). The van der Waals surface area contributed by atoms with Gasteiger partial charge < -0.3 is 11.1 Å². The van der Waals surface area contributed by atoms with Crippen molar-refractivity contribution in [2.24, 2.45) is 5.73 Å². The number of benzene rings is 1. The standard InChI is InChI=1S/C17H18N2OS/c1-12-9-16(21-13(12)2)11-19-17(20)15-7-3-5-14(10-15)6-4-8-18/h3,5,7,9-10H,8,11,18H2,1-2H3,(H,19,20). The zero-order valence-corrected chi connectivity index (χ0v) is 13.0. The Hall–Kier alpha value is -2.09. The van der Waals surface area contributed by atoms with E-state index < -0.39 is 0 Å². The Morgan fingerprint density at radius 1 is 1.33 bits per heavy atom.